The molecule has 2 rings (SSSR count). The van der Waals surface area contributed by atoms with Gasteiger partial charge in [0.15, 0.2) is 6.10 Å². The first-order valence-electron chi connectivity index (χ1n) is 7.09. The molecule has 0 saturated heterocycles. The maximum atomic E-state index is 12.3. The Morgan fingerprint density at radius 3 is 2.42 bits per heavy atom. The molecule has 1 N–H and O–H groups in total. The van der Waals surface area contributed by atoms with E-state index < -0.39 is 6.10 Å². The average molecular weight is 370 g/mol. The number of rotatable bonds is 6. The van der Waals surface area contributed by atoms with E-state index in [1.807, 2.05) is 0 Å². The molecule has 128 valence electrons. The number of hydrogen-bond donors (Lipinski definition) is 1. The summed E-state index contributed by atoms with van der Waals surface area (Å²) in [7, 11) is 3.07. The van der Waals surface area contributed by atoms with Crippen molar-refractivity contribution in [3.8, 4) is 17.2 Å². The number of ether oxygens (including phenoxy) is 3. The molecule has 2 aromatic rings. The van der Waals surface area contributed by atoms with Crippen LogP contribution in [0.1, 0.15) is 6.92 Å². The SMILES string of the molecule is COc1ccc(NC(=O)C(C)Oc2ccc(Cl)cc2Cl)c(OC)c1. The zero-order chi connectivity index (χ0) is 17.7. The Labute approximate surface area is 150 Å². The molecule has 0 saturated carbocycles. The zero-order valence-electron chi connectivity index (χ0n) is 13.4. The molecule has 0 aliphatic heterocycles. The molecule has 0 aliphatic carbocycles. The number of carbonyl (C=O) groups excluding carboxylic acids is 1. The summed E-state index contributed by atoms with van der Waals surface area (Å²) in [5.41, 5.74) is 0.515. The van der Waals surface area contributed by atoms with Crippen LogP contribution in [0, 0.1) is 0 Å². The topological polar surface area (TPSA) is 56.8 Å². The fourth-order valence-electron chi connectivity index (χ4n) is 1.95. The monoisotopic (exact) mass is 369 g/mol. The van der Waals surface area contributed by atoms with Crippen LogP contribution in [0.3, 0.4) is 0 Å². The van der Waals surface area contributed by atoms with Crippen molar-refractivity contribution in [3.63, 3.8) is 0 Å². The lowest BCUT2D eigenvalue weighted by molar-refractivity contribution is -0.122. The van der Waals surface area contributed by atoms with Crippen LogP contribution in [0.5, 0.6) is 17.2 Å². The molecule has 0 bridgehead atoms. The molecular weight excluding hydrogens is 353 g/mol. The summed E-state index contributed by atoms with van der Waals surface area (Å²) in [5.74, 6) is 1.15. The molecule has 5 nitrogen and oxygen atoms in total. The van der Waals surface area contributed by atoms with E-state index in [0.717, 1.165) is 0 Å². The largest absolute Gasteiger partial charge is 0.497 e. The molecule has 1 atom stereocenters. The van der Waals surface area contributed by atoms with Crippen molar-refractivity contribution in [1.29, 1.82) is 0 Å². The fourth-order valence-corrected chi connectivity index (χ4v) is 2.40. The number of methoxy groups -OCH3 is 2. The number of halogens is 2. The van der Waals surface area contributed by atoms with Crippen LogP contribution in [0.2, 0.25) is 10.0 Å². The van der Waals surface area contributed by atoms with Gasteiger partial charge in [-0.15, -0.1) is 0 Å². The maximum absolute atomic E-state index is 12.3. The van der Waals surface area contributed by atoms with Gasteiger partial charge in [-0.05, 0) is 37.3 Å². The number of nitrogens with one attached hydrogen (secondary N) is 1. The highest BCUT2D eigenvalue weighted by molar-refractivity contribution is 6.35. The average Bonchev–Trinajstić information content (AvgIpc) is 2.57. The maximum Gasteiger partial charge on any atom is 0.265 e. The van der Waals surface area contributed by atoms with E-state index in [9.17, 15) is 4.79 Å². The zero-order valence-corrected chi connectivity index (χ0v) is 14.9. The van der Waals surface area contributed by atoms with Gasteiger partial charge < -0.3 is 19.5 Å². The van der Waals surface area contributed by atoms with Crippen molar-refractivity contribution in [2.24, 2.45) is 0 Å². The van der Waals surface area contributed by atoms with E-state index >= 15 is 0 Å². The molecule has 7 heteroatoms. The van der Waals surface area contributed by atoms with Crippen LogP contribution in [0.4, 0.5) is 5.69 Å². The second-order valence-corrected chi connectivity index (χ2v) is 5.73. The third-order valence-electron chi connectivity index (χ3n) is 3.23. The van der Waals surface area contributed by atoms with E-state index in [0.29, 0.717) is 33.0 Å². The molecule has 1 amide bonds. The highest BCUT2D eigenvalue weighted by Gasteiger charge is 2.18. The van der Waals surface area contributed by atoms with Gasteiger partial charge in [0.1, 0.15) is 17.2 Å². The standard InChI is InChI=1S/C17H17Cl2NO4/c1-10(24-15-7-4-11(18)8-13(15)19)17(21)20-14-6-5-12(22-2)9-16(14)23-3/h4-10H,1-3H3,(H,20,21). The van der Waals surface area contributed by atoms with E-state index in [1.54, 1.807) is 50.4 Å². The van der Waals surface area contributed by atoms with Crippen LogP contribution < -0.4 is 19.5 Å². The van der Waals surface area contributed by atoms with Gasteiger partial charge in [0, 0.05) is 11.1 Å². The predicted molar refractivity (Wildman–Crippen MR) is 94.7 cm³/mol. The molecule has 0 radical (unpaired) electrons. The molecule has 0 spiro atoms. The number of hydrogen-bond acceptors (Lipinski definition) is 4. The third-order valence-corrected chi connectivity index (χ3v) is 3.76. The second-order valence-electron chi connectivity index (χ2n) is 4.89. The number of amides is 1. The normalized spacial score (nSPS) is 11.5. The fraction of sp³-hybridized carbons (Fsp3) is 0.235. The number of anilines is 1. The minimum Gasteiger partial charge on any atom is -0.497 e. The highest BCUT2D eigenvalue weighted by Crippen LogP contribution is 2.30. The van der Waals surface area contributed by atoms with Crippen LogP contribution >= 0.6 is 23.2 Å². The molecule has 2 aromatic carbocycles. The lowest BCUT2D eigenvalue weighted by atomic mass is 10.2. The third kappa shape index (κ3) is 4.46. The summed E-state index contributed by atoms with van der Waals surface area (Å²) >= 11 is 11.9. The summed E-state index contributed by atoms with van der Waals surface area (Å²) in [5, 5.41) is 3.58. The lowest BCUT2D eigenvalue weighted by Gasteiger charge is -2.17. The first kappa shape index (κ1) is 18.2. The molecule has 0 aromatic heterocycles. The minimum atomic E-state index is -0.768. The van der Waals surface area contributed by atoms with Crippen molar-refractivity contribution in [3.05, 3.63) is 46.4 Å². The van der Waals surface area contributed by atoms with Crippen LogP contribution in [-0.4, -0.2) is 26.2 Å². The Hall–Kier alpha value is -2.11. The van der Waals surface area contributed by atoms with Crippen molar-refractivity contribution >= 4 is 34.8 Å². The van der Waals surface area contributed by atoms with Crippen molar-refractivity contribution in [1.82, 2.24) is 0 Å². The summed E-state index contributed by atoms with van der Waals surface area (Å²) in [6, 6.07) is 9.90. The number of carbonyl (C=O) groups is 1. The van der Waals surface area contributed by atoms with Gasteiger partial charge in [-0.2, -0.15) is 0 Å². The Morgan fingerprint density at radius 2 is 1.79 bits per heavy atom. The summed E-state index contributed by atoms with van der Waals surface area (Å²) in [4.78, 5) is 12.3. The lowest BCUT2D eigenvalue weighted by Crippen LogP contribution is -2.30. The van der Waals surface area contributed by atoms with Gasteiger partial charge in [0.2, 0.25) is 0 Å². The van der Waals surface area contributed by atoms with Gasteiger partial charge in [0.25, 0.3) is 5.91 Å². The van der Waals surface area contributed by atoms with Crippen molar-refractivity contribution in [2.45, 2.75) is 13.0 Å². The highest BCUT2D eigenvalue weighted by atomic mass is 35.5. The van der Waals surface area contributed by atoms with Crippen molar-refractivity contribution in [2.75, 3.05) is 19.5 Å². The Morgan fingerprint density at radius 1 is 1.04 bits per heavy atom. The summed E-state index contributed by atoms with van der Waals surface area (Å²) in [6.07, 6.45) is -0.768. The second kappa shape index (κ2) is 8.13. The Kier molecular flexibility index (Phi) is 6.17. The van der Waals surface area contributed by atoms with Gasteiger partial charge in [-0.25, -0.2) is 0 Å². The molecule has 0 aliphatic rings. The van der Waals surface area contributed by atoms with E-state index in [4.69, 9.17) is 37.4 Å². The molecule has 1 unspecified atom stereocenters. The Balaban J connectivity index is 2.08. The number of benzene rings is 2. The predicted octanol–water partition coefficient (Wildman–Crippen LogP) is 4.42. The van der Waals surface area contributed by atoms with E-state index in [1.165, 1.54) is 7.11 Å². The smallest absolute Gasteiger partial charge is 0.265 e. The van der Waals surface area contributed by atoms with Crippen molar-refractivity contribution < 1.29 is 19.0 Å². The first-order chi connectivity index (χ1) is 11.4. The molecular formula is C17H17Cl2NO4. The van der Waals surface area contributed by atoms with Gasteiger partial charge in [0.05, 0.1) is 24.9 Å². The van der Waals surface area contributed by atoms with E-state index in [-0.39, 0.29) is 5.91 Å². The quantitative estimate of drug-likeness (QED) is 0.818. The first-order valence-corrected chi connectivity index (χ1v) is 7.84. The van der Waals surface area contributed by atoms with Gasteiger partial charge in [-0.1, -0.05) is 23.2 Å². The summed E-state index contributed by atoms with van der Waals surface area (Å²) < 4.78 is 16.0. The molecule has 0 fully saturated rings. The van der Waals surface area contributed by atoms with Crippen LogP contribution in [0.25, 0.3) is 0 Å². The molecule has 0 heterocycles. The van der Waals surface area contributed by atoms with Gasteiger partial charge in [-0.3, -0.25) is 4.79 Å². The van der Waals surface area contributed by atoms with E-state index in [2.05, 4.69) is 5.32 Å². The van der Waals surface area contributed by atoms with Crippen LogP contribution in [-0.2, 0) is 4.79 Å². The Bertz CT molecular complexity index is 737. The van der Waals surface area contributed by atoms with Gasteiger partial charge >= 0.3 is 0 Å². The molecule has 24 heavy (non-hydrogen) atoms. The minimum absolute atomic E-state index is 0.337. The van der Waals surface area contributed by atoms with Crippen LogP contribution in [0.15, 0.2) is 36.4 Å². The summed E-state index contributed by atoms with van der Waals surface area (Å²) in [6.45, 7) is 1.62.